The first-order valence-corrected chi connectivity index (χ1v) is 7.84. The Hall–Kier alpha value is -0.250. The molecule has 2 fully saturated rings. The third-order valence-electron chi connectivity index (χ3n) is 3.87. The van der Waals surface area contributed by atoms with Crippen molar-refractivity contribution in [2.75, 3.05) is 24.5 Å². The highest BCUT2D eigenvalue weighted by Gasteiger charge is 2.33. The van der Waals surface area contributed by atoms with Gasteiger partial charge >= 0.3 is 0 Å². The molecule has 0 bridgehead atoms. The van der Waals surface area contributed by atoms with Crippen molar-refractivity contribution in [3.05, 3.63) is 27.7 Å². The van der Waals surface area contributed by atoms with Crippen molar-refractivity contribution >= 4 is 33.2 Å². The van der Waals surface area contributed by atoms with E-state index in [9.17, 15) is 0 Å². The van der Waals surface area contributed by atoms with Crippen molar-refractivity contribution in [2.45, 2.75) is 25.3 Å². The molecule has 2 aliphatic rings. The summed E-state index contributed by atoms with van der Waals surface area (Å²) in [5.41, 5.74) is 1.18. The van der Waals surface area contributed by atoms with E-state index in [-0.39, 0.29) is 0 Å². The van der Waals surface area contributed by atoms with E-state index in [4.69, 9.17) is 11.6 Å². The van der Waals surface area contributed by atoms with E-state index in [1.807, 2.05) is 6.07 Å². The van der Waals surface area contributed by atoms with E-state index in [1.165, 1.54) is 24.9 Å². The molecule has 0 radical (unpaired) electrons. The molecule has 98 valence electrons. The van der Waals surface area contributed by atoms with Crippen molar-refractivity contribution in [3.63, 3.8) is 0 Å². The maximum absolute atomic E-state index is 6.37. The molecular formula is C14H18BrClN2. The van der Waals surface area contributed by atoms with Crippen LogP contribution in [0.4, 0.5) is 5.69 Å². The van der Waals surface area contributed by atoms with Crippen LogP contribution in [0.1, 0.15) is 19.3 Å². The van der Waals surface area contributed by atoms with Gasteiger partial charge in [-0.25, -0.2) is 0 Å². The van der Waals surface area contributed by atoms with Gasteiger partial charge in [-0.05, 0) is 49.9 Å². The summed E-state index contributed by atoms with van der Waals surface area (Å²) in [6, 6.07) is 6.83. The molecule has 1 atom stereocenters. The van der Waals surface area contributed by atoms with Crippen LogP contribution < -0.4 is 10.2 Å². The summed E-state index contributed by atoms with van der Waals surface area (Å²) < 4.78 is 1.04. The Morgan fingerprint density at radius 2 is 2.17 bits per heavy atom. The largest absolute Gasteiger partial charge is 0.369 e. The smallest absolute Gasteiger partial charge is 0.0650 e. The third kappa shape index (κ3) is 2.84. The first-order chi connectivity index (χ1) is 8.74. The Morgan fingerprint density at radius 3 is 2.89 bits per heavy atom. The Balaban J connectivity index is 1.80. The lowest BCUT2D eigenvalue weighted by atomic mass is 10.1. The number of hydrogen-bond donors (Lipinski definition) is 1. The molecular weight excluding hydrogens is 312 g/mol. The van der Waals surface area contributed by atoms with Gasteiger partial charge in [0.15, 0.2) is 0 Å². The van der Waals surface area contributed by atoms with E-state index < -0.39 is 0 Å². The normalized spacial score (nSPS) is 25.0. The van der Waals surface area contributed by atoms with E-state index in [1.54, 1.807) is 0 Å². The molecule has 2 nitrogen and oxygen atoms in total. The van der Waals surface area contributed by atoms with Crippen LogP contribution in [0.15, 0.2) is 22.7 Å². The summed E-state index contributed by atoms with van der Waals surface area (Å²) in [6.07, 6.45) is 3.97. The van der Waals surface area contributed by atoms with Crippen LogP contribution in [0.5, 0.6) is 0 Å². The Morgan fingerprint density at radius 1 is 1.33 bits per heavy atom. The minimum absolute atomic E-state index is 0.646. The number of nitrogens with one attached hydrogen (secondary N) is 1. The number of rotatable bonds is 2. The van der Waals surface area contributed by atoms with Gasteiger partial charge in [0.25, 0.3) is 0 Å². The predicted octanol–water partition coefficient (Wildman–Crippen LogP) is 3.68. The SMILES string of the molecule is Clc1cc(Br)ccc1N1CCCNC(C2CC2)C1. The van der Waals surface area contributed by atoms with Gasteiger partial charge in [-0.2, -0.15) is 0 Å². The highest BCUT2D eigenvalue weighted by atomic mass is 79.9. The van der Waals surface area contributed by atoms with Crippen molar-refractivity contribution in [2.24, 2.45) is 5.92 Å². The van der Waals surface area contributed by atoms with Crippen LogP contribution >= 0.6 is 27.5 Å². The lowest BCUT2D eigenvalue weighted by Crippen LogP contribution is -2.39. The number of nitrogens with zero attached hydrogens (tertiary/aromatic N) is 1. The van der Waals surface area contributed by atoms with E-state index in [2.05, 4.69) is 38.3 Å². The molecule has 1 aliphatic heterocycles. The Kier molecular flexibility index (Phi) is 3.83. The minimum Gasteiger partial charge on any atom is -0.369 e. The maximum atomic E-state index is 6.37. The van der Waals surface area contributed by atoms with Gasteiger partial charge in [-0.15, -0.1) is 0 Å². The fourth-order valence-electron chi connectivity index (χ4n) is 2.72. The number of benzene rings is 1. The highest BCUT2D eigenvalue weighted by molar-refractivity contribution is 9.10. The lowest BCUT2D eigenvalue weighted by molar-refractivity contribution is 0.490. The third-order valence-corrected chi connectivity index (χ3v) is 4.67. The standard InChI is InChI=1S/C14H18BrClN2/c15-11-4-5-14(12(16)8-11)18-7-1-6-17-13(9-18)10-2-3-10/h4-5,8,10,13,17H,1-3,6-7,9H2. The highest BCUT2D eigenvalue weighted by Crippen LogP contribution is 2.35. The summed E-state index contributed by atoms with van der Waals surface area (Å²) in [6.45, 7) is 3.31. The van der Waals surface area contributed by atoms with Gasteiger partial charge in [0.1, 0.15) is 0 Å². The zero-order valence-electron chi connectivity index (χ0n) is 10.3. The number of hydrogen-bond acceptors (Lipinski definition) is 2. The molecule has 0 amide bonds. The van der Waals surface area contributed by atoms with Crippen LogP contribution in [0.2, 0.25) is 5.02 Å². The Labute approximate surface area is 122 Å². The van der Waals surface area contributed by atoms with Gasteiger partial charge in [0, 0.05) is 23.6 Å². The van der Waals surface area contributed by atoms with Crippen molar-refractivity contribution in [1.82, 2.24) is 5.32 Å². The molecule has 18 heavy (non-hydrogen) atoms. The second-order valence-corrected chi connectivity index (χ2v) is 6.62. The molecule has 1 aromatic carbocycles. The average molecular weight is 330 g/mol. The number of halogens is 2. The second-order valence-electron chi connectivity index (χ2n) is 5.29. The van der Waals surface area contributed by atoms with Gasteiger partial charge in [0.2, 0.25) is 0 Å². The molecule has 0 spiro atoms. The summed E-state index contributed by atoms with van der Waals surface area (Å²) >= 11 is 9.83. The van der Waals surface area contributed by atoms with Crippen LogP contribution in [0.25, 0.3) is 0 Å². The first-order valence-electron chi connectivity index (χ1n) is 6.67. The molecule has 1 aliphatic carbocycles. The molecule has 0 aromatic heterocycles. The summed E-state index contributed by atoms with van der Waals surface area (Å²) in [7, 11) is 0. The lowest BCUT2D eigenvalue weighted by Gasteiger charge is -2.27. The van der Waals surface area contributed by atoms with Crippen molar-refractivity contribution in [1.29, 1.82) is 0 Å². The molecule has 3 rings (SSSR count). The first kappa shape index (κ1) is 12.8. The van der Waals surface area contributed by atoms with E-state index >= 15 is 0 Å². The topological polar surface area (TPSA) is 15.3 Å². The fourth-order valence-corrected chi connectivity index (χ4v) is 3.51. The monoisotopic (exact) mass is 328 g/mol. The second kappa shape index (κ2) is 5.40. The van der Waals surface area contributed by atoms with Crippen LogP contribution in [-0.4, -0.2) is 25.7 Å². The van der Waals surface area contributed by atoms with Crippen LogP contribution in [-0.2, 0) is 0 Å². The molecule has 4 heteroatoms. The van der Waals surface area contributed by atoms with Crippen LogP contribution in [0, 0.1) is 5.92 Å². The van der Waals surface area contributed by atoms with Crippen molar-refractivity contribution < 1.29 is 0 Å². The summed E-state index contributed by atoms with van der Waals surface area (Å²) in [5.74, 6) is 0.889. The number of anilines is 1. The van der Waals surface area contributed by atoms with E-state index in [0.29, 0.717) is 6.04 Å². The zero-order chi connectivity index (χ0) is 12.5. The maximum Gasteiger partial charge on any atom is 0.0650 e. The van der Waals surface area contributed by atoms with Gasteiger partial charge in [0.05, 0.1) is 10.7 Å². The molecule has 1 heterocycles. The van der Waals surface area contributed by atoms with Gasteiger partial charge in [-0.1, -0.05) is 27.5 Å². The molecule has 1 aromatic rings. The molecule has 1 saturated carbocycles. The van der Waals surface area contributed by atoms with Gasteiger partial charge < -0.3 is 10.2 Å². The zero-order valence-corrected chi connectivity index (χ0v) is 12.7. The summed E-state index contributed by atoms with van der Waals surface area (Å²) in [5, 5.41) is 4.53. The fraction of sp³-hybridized carbons (Fsp3) is 0.571. The quantitative estimate of drug-likeness (QED) is 0.890. The van der Waals surface area contributed by atoms with Crippen molar-refractivity contribution in [3.8, 4) is 0 Å². The van der Waals surface area contributed by atoms with Gasteiger partial charge in [-0.3, -0.25) is 0 Å². The predicted molar refractivity (Wildman–Crippen MR) is 80.5 cm³/mol. The Bertz CT molecular complexity index is 434. The van der Waals surface area contributed by atoms with E-state index in [0.717, 1.165) is 35.0 Å². The average Bonchev–Trinajstić information content (AvgIpc) is 3.15. The molecule has 1 unspecified atom stereocenters. The molecule has 1 saturated heterocycles. The minimum atomic E-state index is 0.646. The summed E-state index contributed by atoms with van der Waals surface area (Å²) in [4.78, 5) is 2.44. The molecule has 1 N–H and O–H groups in total. The van der Waals surface area contributed by atoms with Crippen LogP contribution in [0.3, 0.4) is 0 Å².